The minimum Gasteiger partial charge on any atom is -0.320 e. The molecule has 0 saturated heterocycles. The van der Waals surface area contributed by atoms with E-state index >= 15 is 0 Å². The van der Waals surface area contributed by atoms with Gasteiger partial charge in [-0.05, 0) is 55.7 Å². The first-order valence-corrected chi connectivity index (χ1v) is 10.8. The normalized spacial score (nSPS) is 10.7. The molecule has 1 aromatic heterocycles. The van der Waals surface area contributed by atoms with Gasteiger partial charge >= 0.3 is 0 Å². The second kappa shape index (κ2) is 9.06. The quantitative estimate of drug-likeness (QED) is 0.396. The van der Waals surface area contributed by atoms with E-state index in [-0.39, 0.29) is 16.9 Å². The molecule has 0 aliphatic carbocycles. The Balaban J connectivity index is 1.93. The molecule has 0 fully saturated rings. The highest BCUT2D eigenvalue weighted by Gasteiger charge is 2.26. The lowest BCUT2D eigenvalue weighted by atomic mass is 10.0. The van der Waals surface area contributed by atoms with Crippen LogP contribution in [-0.4, -0.2) is 10.5 Å². The van der Waals surface area contributed by atoms with Crippen molar-refractivity contribution in [3.05, 3.63) is 124 Å². The predicted molar refractivity (Wildman–Crippen MR) is 130 cm³/mol. The molecule has 0 saturated carbocycles. The fourth-order valence-corrected chi connectivity index (χ4v) is 4.03. The first kappa shape index (κ1) is 21.3. The summed E-state index contributed by atoms with van der Waals surface area (Å²) in [5.74, 6) is -0.338. The van der Waals surface area contributed by atoms with E-state index < -0.39 is 0 Å². The highest BCUT2D eigenvalue weighted by Crippen LogP contribution is 2.33. The second-order valence-corrected chi connectivity index (χ2v) is 7.81. The zero-order valence-electron chi connectivity index (χ0n) is 18.6. The lowest BCUT2D eigenvalue weighted by Crippen LogP contribution is -2.32. The van der Waals surface area contributed by atoms with Crippen LogP contribution in [0.5, 0.6) is 0 Å². The molecular formula is C28H26N2O2. The van der Waals surface area contributed by atoms with Gasteiger partial charge in [-0.2, -0.15) is 0 Å². The average Bonchev–Trinajstić information content (AvgIpc) is 2.81. The Kier molecular flexibility index (Phi) is 6.04. The van der Waals surface area contributed by atoms with Crippen molar-refractivity contribution in [2.24, 2.45) is 0 Å². The Morgan fingerprint density at radius 2 is 1.53 bits per heavy atom. The van der Waals surface area contributed by atoms with Crippen LogP contribution >= 0.6 is 0 Å². The SMILES string of the molecule is CCc1cccc(C)c1N(C(=O)c1cn(-c2ccccc2)c(C)cc1=O)c1ccccc1. The maximum atomic E-state index is 14.0. The van der Waals surface area contributed by atoms with E-state index in [2.05, 4.69) is 6.92 Å². The van der Waals surface area contributed by atoms with Crippen molar-refractivity contribution in [1.82, 2.24) is 4.57 Å². The van der Waals surface area contributed by atoms with Crippen molar-refractivity contribution in [2.75, 3.05) is 4.90 Å². The molecule has 3 aromatic carbocycles. The summed E-state index contributed by atoms with van der Waals surface area (Å²) in [6.07, 6.45) is 2.44. The molecule has 4 nitrogen and oxygen atoms in total. The van der Waals surface area contributed by atoms with Gasteiger partial charge in [-0.3, -0.25) is 14.5 Å². The number of aromatic nitrogens is 1. The van der Waals surface area contributed by atoms with Crippen molar-refractivity contribution in [1.29, 1.82) is 0 Å². The summed E-state index contributed by atoms with van der Waals surface area (Å²) in [4.78, 5) is 28.7. The lowest BCUT2D eigenvalue weighted by molar-refractivity contribution is 0.0997. The summed E-state index contributed by atoms with van der Waals surface area (Å²) in [6, 6.07) is 26.8. The van der Waals surface area contributed by atoms with Gasteiger partial charge in [-0.25, -0.2) is 0 Å². The molecule has 4 rings (SSSR count). The van der Waals surface area contributed by atoms with E-state index in [0.29, 0.717) is 0 Å². The number of para-hydroxylation sites is 3. The summed E-state index contributed by atoms with van der Waals surface area (Å²) >= 11 is 0. The highest BCUT2D eigenvalue weighted by molar-refractivity contribution is 6.11. The molecule has 0 bridgehead atoms. The first-order valence-electron chi connectivity index (χ1n) is 10.8. The maximum absolute atomic E-state index is 14.0. The van der Waals surface area contributed by atoms with Crippen LogP contribution in [0.1, 0.15) is 34.1 Å². The van der Waals surface area contributed by atoms with Gasteiger partial charge in [0, 0.05) is 29.3 Å². The largest absolute Gasteiger partial charge is 0.320 e. The van der Waals surface area contributed by atoms with Gasteiger partial charge in [0.2, 0.25) is 0 Å². The van der Waals surface area contributed by atoms with E-state index in [4.69, 9.17) is 0 Å². The number of pyridine rings is 1. The number of carbonyl (C=O) groups excluding carboxylic acids is 1. The summed E-state index contributed by atoms with van der Waals surface area (Å²) < 4.78 is 1.89. The first-order chi connectivity index (χ1) is 15.5. The topological polar surface area (TPSA) is 42.3 Å². The molecule has 4 aromatic rings. The number of aryl methyl sites for hydroxylation is 3. The van der Waals surface area contributed by atoms with Crippen molar-refractivity contribution >= 4 is 17.3 Å². The van der Waals surface area contributed by atoms with Crippen LogP contribution in [-0.2, 0) is 6.42 Å². The van der Waals surface area contributed by atoms with Crippen molar-refractivity contribution in [3.63, 3.8) is 0 Å². The number of hydrogen-bond donors (Lipinski definition) is 0. The second-order valence-electron chi connectivity index (χ2n) is 7.81. The number of amides is 1. The number of nitrogens with zero attached hydrogens (tertiary/aromatic N) is 2. The van der Waals surface area contributed by atoms with Gasteiger partial charge in [-0.15, -0.1) is 0 Å². The fourth-order valence-electron chi connectivity index (χ4n) is 4.03. The van der Waals surface area contributed by atoms with Gasteiger partial charge in [0.25, 0.3) is 5.91 Å². The van der Waals surface area contributed by atoms with Gasteiger partial charge < -0.3 is 4.57 Å². The molecule has 4 heteroatoms. The van der Waals surface area contributed by atoms with E-state index in [9.17, 15) is 9.59 Å². The highest BCUT2D eigenvalue weighted by atomic mass is 16.2. The molecule has 0 aliphatic rings. The maximum Gasteiger partial charge on any atom is 0.268 e. The molecule has 1 amide bonds. The van der Waals surface area contributed by atoms with Gasteiger partial charge in [0.15, 0.2) is 5.43 Å². The van der Waals surface area contributed by atoms with Crippen LogP contribution in [0.25, 0.3) is 5.69 Å². The number of carbonyl (C=O) groups is 1. The van der Waals surface area contributed by atoms with E-state index in [1.165, 1.54) is 6.07 Å². The molecule has 32 heavy (non-hydrogen) atoms. The predicted octanol–water partition coefficient (Wildman–Crippen LogP) is 6.00. The number of rotatable bonds is 5. The van der Waals surface area contributed by atoms with Crippen LogP contribution < -0.4 is 10.3 Å². The molecule has 0 aliphatic heterocycles. The Morgan fingerprint density at radius 1 is 0.875 bits per heavy atom. The van der Waals surface area contributed by atoms with E-state index in [1.807, 2.05) is 97.3 Å². The van der Waals surface area contributed by atoms with Crippen LogP contribution in [0.2, 0.25) is 0 Å². The summed E-state index contributed by atoms with van der Waals surface area (Å²) in [7, 11) is 0. The summed E-state index contributed by atoms with van der Waals surface area (Å²) in [5, 5.41) is 0. The summed E-state index contributed by atoms with van der Waals surface area (Å²) in [5.41, 5.74) is 5.12. The Bertz CT molecular complexity index is 1310. The minimum absolute atomic E-state index is 0.133. The van der Waals surface area contributed by atoms with E-state index in [0.717, 1.165) is 40.3 Å². The van der Waals surface area contributed by atoms with Crippen molar-refractivity contribution < 1.29 is 4.79 Å². The van der Waals surface area contributed by atoms with Crippen LogP contribution in [0.15, 0.2) is 95.9 Å². The van der Waals surface area contributed by atoms with Crippen molar-refractivity contribution in [2.45, 2.75) is 27.2 Å². The van der Waals surface area contributed by atoms with E-state index in [1.54, 1.807) is 11.1 Å². The molecule has 0 N–H and O–H groups in total. The van der Waals surface area contributed by atoms with Gasteiger partial charge in [-0.1, -0.05) is 61.5 Å². The molecule has 0 spiro atoms. The number of anilines is 2. The van der Waals surface area contributed by atoms with Crippen molar-refractivity contribution in [3.8, 4) is 5.69 Å². The molecule has 1 heterocycles. The molecule has 0 radical (unpaired) electrons. The average molecular weight is 423 g/mol. The third-order valence-corrected chi connectivity index (χ3v) is 5.65. The smallest absolute Gasteiger partial charge is 0.268 e. The Morgan fingerprint density at radius 3 is 2.19 bits per heavy atom. The van der Waals surface area contributed by atoms with Crippen LogP contribution in [0.4, 0.5) is 11.4 Å². The molecule has 160 valence electrons. The van der Waals surface area contributed by atoms with Crippen LogP contribution in [0.3, 0.4) is 0 Å². The Hall–Kier alpha value is -3.92. The standard InChI is InChI=1S/C28H26N2O2/c1-4-22-13-11-12-20(2)27(22)30(24-16-9-6-10-17-24)28(32)25-19-29(21(3)18-26(25)31)23-14-7-5-8-15-23/h5-19H,4H2,1-3H3. The zero-order chi connectivity index (χ0) is 22.7. The van der Waals surface area contributed by atoms with Gasteiger partial charge in [0.1, 0.15) is 5.56 Å². The lowest BCUT2D eigenvalue weighted by Gasteiger charge is -2.27. The third-order valence-electron chi connectivity index (χ3n) is 5.65. The van der Waals surface area contributed by atoms with Crippen LogP contribution in [0, 0.1) is 13.8 Å². The number of hydrogen-bond acceptors (Lipinski definition) is 2. The monoisotopic (exact) mass is 422 g/mol. The number of benzene rings is 3. The fraction of sp³-hybridized carbons (Fsp3) is 0.143. The van der Waals surface area contributed by atoms with Gasteiger partial charge in [0.05, 0.1) is 5.69 Å². The third kappa shape index (κ3) is 4.00. The summed E-state index contributed by atoms with van der Waals surface area (Å²) in [6.45, 7) is 5.93. The molecular weight excluding hydrogens is 396 g/mol. The Labute approximate surface area is 188 Å². The molecule has 0 unspecified atom stereocenters. The minimum atomic E-state index is -0.338. The molecule has 0 atom stereocenters. The zero-order valence-corrected chi connectivity index (χ0v) is 18.6.